The van der Waals surface area contributed by atoms with E-state index in [9.17, 15) is 4.79 Å². The van der Waals surface area contributed by atoms with Crippen LogP contribution in [-0.2, 0) is 14.3 Å². The number of carbonyl (C=O) groups excluding carboxylic acids is 1. The summed E-state index contributed by atoms with van der Waals surface area (Å²) in [5.74, 6) is 0.701. The molecule has 1 aliphatic carbocycles. The zero-order valence-corrected chi connectivity index (χ0v) is 11.2. The predicted octanol–water partition coefficient (Wildman–Crippen LogP) is 1.88. The Morgan fingerprint density at radius 2 is 1.89 bits per heavy atom. The van der Waals surface area contributed by atoms with Crippen LogP contribution >= 0.6 is 0 Å². The van der Waals surface area contributed by atoms with Crippen LogP contribution in [0.15, 0.2) is 0 Å². The first kappa shape index (κ1) is 13.8. The molecule has 0 aromatic heterocycles. The Balaban J connectivity index is 1.43. The van der Waals surface area contributed by atoms with Crippen LogP contribution < -0.4 is 5.32 Å². The van der Waals surface area contributed by atoms with E-state index in [0.717, 1.165) is 38.3 Å². The Labute approximate surface area is 109 Å². The SMILES string of the molecule is O=C(CCOC1CCNCC1)OCCC1CCC1. The minimum atomic E-state index is -0.108. The molecule has 0 amide bonds. The fourth-order valence-electron chi connectivity index (χ4n) is 2.46. The van der Waals surface area contributed by atoms with E-state index in [4.69, 9.17) is 9.47 Å². The quantitative estimate of drug-likeness (QED) is 0.706. The molecule has 1 aliphatic heterocycles. The summed E-state index contributed by atoms with van der Waals surface area (Å²) >= 11 is 0. The van der Waals surface area contributed by atoms with E-state index in [1.807, 2.05) is 0 Å². The van der Waals surface area contributed by atoms with Gasteiger partial charge >= 0.3 is 5.97 Å². The monoisotopic (exact) mass is 255 g/mol. The van der Waals surface area contributed by atoms with Crippen LogP contribution in [-0.4, -0.2) is 38.4 Å². The van der Waals surface area contributed by atoms with Crippen LogP contribution in [0.3, 0.4) is 0 Å². The number of rotatable bonds is 7. The number of hydrogen-bond acceptors (Lipinski definition) is 4. The maximum absolute atomic E-state index is 11.5. The lowest BCUT2D eigenvalue weighted by Crippen LogP contribution is -2.32. The largest absolute Gasteiger partial charge is 0.466 e. The fraction of sp³-hybridized carbons (Fsp3) is 0.929. The zero-order chi connectivity index (χ0) is 12.6. The van der Waals surface area contributed by atoms with E-state index < -0.39 is 0 Å². The molecule has 1 heterocycles. The molecule has 0 atom stereocenters. The molecule has 4 nitrogen and oxygen atoms in total. The second kappa shape index (κ2) is 7.74. The van der Waals surface area contributed by atoms with Crippen molar-refractivity contribution in [1.29, 1.82) is 0 Å². The van der Waals surface area contributed by atoms with Crippen molar-refractivity contribution >= 4 is 5.97 Å². The molecule has 0 aromatic rings. The van der Waals surface area contributed by atoms with Crippen LogP contribution in [0.5, 0.6) is 0 Å². The Morgan fingerprint density at radius 3 is 2.56 bits per heavy atom. The average molecular weight is 255 g/mol. The topological polar surface area (TPSA) is 47.6 Å². The van der Waals surface area contributed by atoms with Gasteiger partial charge in [0.2, 0.25) is 0 Å². The van der Waals surface area contributed by atoms with Crippen molar-refractivity contribution in [3.05, 3.63) is 0 Å². The van der Waals surface area contributed by atoms with E-state index >= 15 is 0 Å². The van der Waals surface area contributed by atoms with Gasteiger partial charge in [-0.2, -0.15) is 0 Å². The highest BCUT2D eigenvalue weighted by atomic mass is 16.5. The molecule has 1 N–H and O–H groups in total. The number of esters is 1. The predicted molar refractivity (Wildman–Crippen MR) is 69.4 cm³/mol. The number of carbonyl (C=O) groups is 1. The molecule has 1 saturated carbocycles. The summed E-state index contributed by atoms with van der Waals surface area (Å²) in [6.45, 7) is 3.15. The summed E-state index contributed by atoms with van der Waals surface area (Å²) < 4.78 is 10.9. The molecular weight excluding hydrogens is 230 g/mol. The average Bonchev–Trinajstić information content (AvgIpc) is 2.34. The summed E-state index contributed by atoms with van der Waals surface area (Å²) in [4.78, 5) is 11.5. The summed E-state index contributed by atoms with van der Waals surface area (Å²) in [5.41, 5.74) is 0. The molecule has 0 spiro atoms. The molecular formula is C14H25NO3. The molecule has 0 bridgehead atoms. The fourth-order valence-corrected chi connectivity index (χ4v) is 2.46. The van der Waals surface area contributed by atoms with Gasteiger partial charge in [0.05, 0.1) is 25.7 Å². The van der Waals surface area contributed by atoms with Gasteiger partial charge in [-0.1, -0.05) is 19.3 Å². The van der Waals surface area contributed by atoms with E-state index in [-0.39, 0.29) is 5.97 Å². The zero-order valence-electron chi connectivity index (χ0n) is 11.2. The number of ether oxygens (including phenoxy) is 2. The Morgan fingerprint density at radius 1 is 1.11 bits per heavy atom. The lowest BCUT2D eigenvalue weighted by atomic mass is 9.83. The van der Waals surface area contributed by atoms with E-state index in [1.165, 1.54) is 19.3 Å². The minimum Gasteiger partial charge on any atom is -0.466 e. The molecule has 18 heavy (non-hydrogen) atoms. The molecule has 0 radical (unpaired) electrons. The second-order valence-electron chi connectivity index (χ2n) is 5.38. The summed E-state index contributed by atoms with van der Waals surface area (Å²) in [5, 5.41) is 3.29. The summed E-state index contributed by atoms with van der Waals surface area (Å²) in [6, 6.07) is 0. The van der Waals surface area contributed by atoms with Crippen molar-refractivity contribution in [1.82, 2.24) is 5.32 Å². The van der Waals surface area contributed by atoms with Gasteiger partial charge in [-0.05, 0) is 38.3 Å². The molecule has 1 saturated heterocycles. The summed E-state index contributed by atoms with van der Waals surface area (Å²) in [6.07, 6.45) is 7.85. The van der Waals surface area contributed by atoms with E-state index in [0.29, 0.717) is 25.7 Å². The molecule has 0 aromatic carbocycles. The second-order valence-corrected chi connectivity index (χ2v) is 5.38. The highest BCUT2D eigenvalue weighted by Gasteiger charge is 2.18. The van der Waals surface area contributed by atoms with Gasteiger partial charge in [-0.15, -0.1) is 0 Å². The lowest BCUT2D eigenvalue weighted by molar-refractivity contribution is -0.146. The van der Waals surface area contributed by atoms with Crippen LogP contribution in [0, 0.1) is 5.92 Å². The normalized spacial score (nSPS) is 21.6. The highest BCUT2D eigenvalue weighted by Crippen LogP contribution is 2.29. The van der Waals surface area contributed by atoms with E-state index in [1.54, 1.807) is 0 Å². The third-order valence-electron chi connectivity index (χ3n) is 3.96. The van der Waals surface area contributed by atoms with Gasteiger partial charge < -0.3 is 14.8 Å². The van der Waals surface area contributed by atoms with Crippen molar-refractivity contribution < 1.29 is 14.3 Å². The van der Waals surface area contributed by atoms with Crippen molar-refractivity contribution in [2.45, 2.75) is 51.0 Å². The smallest absolute Gasteiger partial charge is 0.308 e. The van der Waals surface area contributed by atoms with Crippen LogP contribution in [0.25, 0.3) is 0 Å². The molecule has 104 valence electrons. The molecule has 4 heteroatoms. The van der Waals surface area contributed by atoms with Gasteiger partial charge in [0.15, 0.2) is 0 Å². The molecule has 2 fully saturated rings. The lowest BCUT2D eigenvalue weighted by Gasteiger charge is -2.24. The van der Waals surface area contributed by atoms with Crippen molar-refractivity contribution in [2.75, 3.05) is 26.3 Å². The number of piperidine rings is 1. The number of nitrogens with one attached hydrogen (secondary N) is 1. The summed E-state index contributed by atoms with van der Waals surface area (Å²) in [7, 11) is 0. The molecule has 0 unspecified atom stereocenters. The van der Waals surface area contributed by atoms with Crippen molar-refractivity contribution in [3.63, 3.8) is 0 Å². The maximum atomic E-state index is 11.5. The van der Waals surface area contributed by atoms with Gasteiger partial charge in [0, 0.05) is 0 Å². The van der Waals surface area contributed by atoms with Crippen LogP contribution in [0.4, 0.5) is 0 Å². The molecule has 2 rings (SSSR count). The van der Waals surface area contributed by atoms with E-state index in [2.05, 4.69) is 5.32 Å². The Kier molecular flexibility index (Phi) is 5.94. The van der Waals surface area contributed by atoms with Crippen LogP contribution in [0.2, 0.25) is 0 Å². The molecule has 2 aliphatic rings. The van der Waals surface area contributed by atoms with Gasteiger partial charge in [-0.25, -0.2) is 0 Å². The van der Waals surface area contributed by atoms with Gasteiger partial charge in [0.1, 0.15) is 0 Å². The number of hydrogen-bond donors (Lipinski definition) is 1. The highest BCUT2D eigenvalue weighted by molar-refractivity contribution is 5.69. The first-order valence-electron chi connectivity index (χ1n) is 7.32. The van der Waals surface area contributed by atoms with Gasteiger partial charge in [-0.3, -0.25) is 4.79 Å². The maximum Gasteiger partial charge on any atom is 0.308 e. The van der Waals surface area contributed by atoms with Gasteiger partial charge in [0.25, 0.3) is 0 Å². The first-order valence-corrected chi connectivity index (χ1v) is 7.32. The van der Waals surface area contributed by atoms with Crippen molar-refractivity contribution in [2.24, 2.45) is 5.92 Å². The third-order valence-corrected chi connectivity index (χ3v) is 3.96. The minimum absolute atomic E-state index is 0.108. The van der Waals surface area contributed by atoms with Crippen molar-refractivity contribution in [3.8, 4) is 0 Å². The third kappa shape index (κ3) is 4.94. The Hall–Kier alpha value is -0.610. The standard InChI is InChI=1S/C14H25NO3/c16-14(18-10-6-12-2-1-3-12)7-11-17-13-4-8-15-9-5-13/h12-13,15H,1-11H2. The first-order chi connectivity index (χ1) is 8.84. The van der Waals surface area contributed by atoms with Crippen LogP contribution in [0.1, 0.15) is 44.9 Å². The Bertz CT molecular complexity index is 247.